The van der Waals surface area contributed by atoms with Gasteiger partial charge in [0.25, 0.3) is 0 Å². The normalized spacial score (nSPS) is 11.6. The number of aryl methyl sites for hydroxylation is 1. The maximum atomic E-state index is 11.4. The molecule has 5 nitrogen and oxygen atoms in total. The van der Waals surface area contributed by atoms with Crippen LogP contribution in [-0.2, 0) is 13.6 Å². The monoisotopic (exact) mass is 263 g/mol. The molecule has 0 spiro atoms. The molecule has 0 fully saturated rings. The number of hydrogen-bond acceptors (Lipinski definition) is 4. The third-order valence-electron chi connectivity index (χ3n) is 3.30. The van der Waals surface area contributed by atoms with Gasteiger partial charge in [-0.2, -0.15) is 0 Å². The Morgan fingerprint density at radius 2 is 2.16 bits per heavy atom. The average Bonchev–Trinajstić information content (AvgIpc) is 2.66. The van der Waals surface area contributed by atoms with E-state index in [9.17, 15) is 4.79 Å². The molecular weight excluding hydrogens is 242 g/mol. The zero-order valence-corrected chi connectivity index (χ0v) is 11.6. The smallest absolute Gasteiger partial charge is 0.408 e. The van der Waals surface area contributed by atoms with Gasteiger partial charge in [0.15, 0.2) is 5.58 Å². The fourth-order valence-electron chi connectivity index (χ4n) is 2.19. The Kier molecular flexibility index (Phi) is 4.39. The number of fused-ring (bicyclic) bond motifs is 1. The third-order valence-corrected chi connectivity index (χ3v) is 3.30. The molecule has 2 N–H and O–H groups in total. The van der Waals surface area contributed by atoms with Crippen molar-refractivity contribution in [3.05, 3.63) is 34.3 Å². The van der Waals surface area contributed by atoms with Crippen LogP contribution in [-0.4, -0.2) is 29.6 Å². The molecule has 0 unspecified atom stereocenters. The van der Waals surface area contributed by atoms with E-state index in [-0.39, 0.29) is 5.76 Å². The SMILES string of the molecule is CN(CCCCN)Cc1ccc2oc(=O)n(C)c2c1. The Hall–Kier alpha value is -1.59. The highest BCUT2D eigenvalue weighted by Gasteiger charge is 2.07. The molecule has 0 amide bonds. The molecule has 0 saturated heterocycles. The summed E-state index contributed by atoms with van der Waals surface area (Å²) in [6.45, 7) is 2.64. The summed E-state index contributed by atoms with van der Waals surface area (Å²) in [5.41, 5.74) is 8.15. The molecule has 0 saturated carbocycles. The number of oxazole rings is 1. The van der Waals surface area contributed by atoms with E-state index >= 15 is 0 Å². The minimum atomic E-state index is -0.316. The van der Waals surface area contributed by atoms with Crippen molar-refractivity contribution < 1.29 is 4.42 Å². The predicted molar refractivity (Wildman–Crippen MR) is 76.1 cm³/mol. The van der Waals surface area contributed by atoms with E-state index in [1.54, 1.807) is 7.05 Å². The van der Waals surface area contributed by atoms with Gasteiger partial charge in [-0.15, -0.1) is 0 Å². The molecule has 1 aromatic heterocycles. The molecular formula is C14H21N3O2. The van der Waals surface area contributed by atoms with Gasteiger partial charge in [0, 0.05) is 13.6 Å². The van der Waals surface area contributed by atoms with Crippen LogP contribution in [0.2, 0.25) is 0 Å². The Labute approximate surface area is 112 Å². The lowest BCUT2D eigenvalue weighted by atomic mass is 10.2. The summed E-state index contributed by atoms with van der Waals surface area (Å²) >= 11 is 0. The van der Waals surface area contributed by atoms with Crippen LogP contribution >= 0.6 is 0 Å². The summed E-state index contributed by atoms with van der Waals surface area (Å²) in [7, 11) is 3.82. The lowest BCUT2D eigenvalue weighted by Gasteiger charge is -2.16. The molecule has 2 rings (SSSR count). The number of benzene rings is 1. The number of aromatic nitrogens is 1. The lowest BCUT2D eigenvalue weighted by Crippen LogP contribution is -2.19. The van der Waals surface area contributed by atoms with Gasteiger partial charge in [-0.25, -0.2) is 4.79 Å². The molecule has 0 aliphatic heterocycles. The van der Waals surface area contributed by atoms with Crippen molar-refractivity contribution in [2.24, 2.45) is 12.8 Å². The first-order valence-electron chi connectivity index (χ1n) is 6.59. The number of hydrogen-bond donors (Lipinski definition) is 1. The van der Waals surface area contributed by atoms with Gasteiger partial charge in [0.1, 0.15) is 0 Å². The topological polar surface area (TPSA) is 64.4 Å². The maximum absolute atomic E-state index is 11.4. The average molecular weight is 263 g/mol. The molecule has 0 radical (unpaired) electrons. The second-order valence-corrected chi connectivity index (χ2v) is 4.96. The first-order chi connectivity index (χ1) is 9.11. The highest BCUT2D eigenvalue weighted by atomic mass is 16.4. The standard InChI is InChI=1S/C14H21N3O2/c1-16(8-4-3-7-15)10-11-5-6-13-12(9-11)17(2)14(18)19-13/h5-6,9H,3-4,7-8,10,15H2,1-2H3. The summed E-state index contributed by atoms with van der Waals surface area (Å²) in [6.07, 6.45) is 2.17. The van der Waals surface area contributed by atoms with Crippen LogP contribution in [0.5, 0.6) is 0 Å². The van der Waals surface area contributed by atoms with Crippen molar-refractivity contribution in [3.8, 4) is 0 Å². The van der Waals surface area contributed by atoms with Crippen molar-refractivity contribution in [2.45, 2.75) is 19.4 Å². The maximum Gasteiger partial charge on any atom is 0.419 e. The molecule has 104 valence electrons. The van der Waals surface area contributed by atoms with Crippen molar-refractivity contribution in [2.75, 3.05) is 20.1 Å². The summed E-state index contributed by atoms with van der Waals surface area (Å²) in [6, 6.07) is 5.88. The fourth-order valence-corrected chi connectivity index (χ4v) is 2.19. The van der Waals surface area contributed by atoms with Crippen LogP contribution < -0.4 is 11.5 Å². The molecule has 0 aliphatic rings. The number of rotatable bonds is 6. The summed E-state index contributed by atoms with van der Waals surface area (Å²) < 4.78 is 6.65. The molecule has 0 atom stereocenters. The Balaban J connectivity index is 2.08. The summed E-state index contributed by atoms with van der Waals surface area (Å²) in [4.78, 5) is 13.7. The summed E-state index contributed by atoms with van der Waals surface area (Å²) in [5, 5.41) is 0. The van der Waals surface area contributed by atoms with Crippen LogP contribution in [0.15, 0.2) is 27.4 Å². The van der Waals surface area contributed by atoms with Crippen LogP contribution in [0.25, 0.3) is 11.1 Å². The lowest BCUT2D eigenvalue weighted by molar-refractivity contribution is 0.319. The van der Waals surface area contributed by atoms with Crippen molar-refractivity contribution in [1.82, 2.24) is 9.47 Å². The zero-order valence-electron chi connectivity index (χ0n) is 11.6. The fraction of sp³-hybridized carbons (Fsp3) is 0.500. The third kappa shape index (κ3) is 3.24. The van der Waals surface area contributed by atoms with Crippen LogP contribution in [0, 0.1) is 0 Å². The van der Waals surface area contributed by atoms with Gasteiger partial charge < -0.3 is 15.1 Å². The van der Waals surface area contributed by atoms with E-state index in [0.29, 0.717) is 5.58 Å². The molecule has 0 bridgehead atoms. The highest BCUT2D eigenvalue weighted by molar-refractivity contribution is 5.73. The van der Waals surface area contributed by atoms with Gasteiger partial charge in [0.05, 0.1) is 5.52 Å². The predicted octanol–water partition coefficient (Wildman–Crippen LogP) is 1.30. The molecule has 19 heavy (non-hydrogen) atoms. The van der Waals surface area contributed by atoms with Crippen molar-refractivity contribution in [3.63, 3.8) is 0 Å². The Morgan fingerprint density at radius 1 is 1.37 bits per heavy atom. The highest BCUT2D eigenvalue weighted by Crippen LogP contribution is 2.15. The number of nitrogens with zero attached hydrogens (tertiary/aromatic N) is 2. The van der Waals surface area contributed by atoms with E-state index < -0.39 is 0 Å². The van der Waals surface area contributed by atoms with Gasteiger partial charge in [-0.05, 0) is 50.7 Å². The van der Waals surface area contributed by atoms with Crippen LogP contribution in [0.1, 0.15) is 18.4 Å². The van der Waals surface area contributed by atoms with E-state index in [1.807, 2.05) is 18.2 Å². The van der Waals surface area contributed by atoms with Crippen molar-refractivity contribution >= 4 is 11.1 Å². The van der Waals surface area contributed by atoms with E-state index in [4.69, 9.17) is 10.2 Å². The number of unbranched alkanes of at least 4 members (excludes halogenated alkanes) is 1. The first kappa shape index (κ1) is 13.8. The molecule has 1 heterocycles. The molecule has 0 aliphatic carbocycles. The summed E-state index contributed by atoms with van der Waals surface area (Å²) in [5.74, 6) is -0.316. The molecule has 2 aromatic rings. The largest absolute Gasteiger partial charge is 0.419 e. The van der Waals surface area contributed by atoms with Gasteiger partial charge in [-0.1, -0.05) is 6.07 Å². The Morgan fingerprint density at radius 3 is 2.89 bits per heavy atom. The second-order valence-electron chi connectivity index (χ2n) is 4.96. The molecule has 1 aromatic carbocycles. The van der Waals surface area contributed by atoms with E-state index in [2.05, 4.69) is 11.9 Å². The van der Waals surface area contributed by atoms with E-state index in [1.165, 1.54) is 10.1 Å². The second kappa shape index (κ2) is 6.04. The number of nitrogens with two attached hydrogens (primary N) is 1. The van der Waals surface area contributed by atoms with Crippen LogP contribution in [0.4, 0.5) is 0 Å². The van der Waals surface area contributed by atoms with Gasteiger partial charge in [0.2, 0.25) is 0 Å². The first-order valence-corrected chi connectivity index (χ1v) is 6.59. The van der Waals surface area contributed by atoms with Gasteiger partial charge in [-0.3, -0.25) is 4.57 Å². The zero-order chi connectivity index (χ0) is 13.8. The Bertz CT molecular complexity index is 600. The van der Waals surface area contributed by atoms with Crippen LogP contribution in [0.3, 0.4) is 0 Å². The van der Waals surface area contributed by atoms with Crippen molar-refractivity contribution in [1.29, 1.82) is 0 Å². The van der Waals surface area contributed by atoms with E-state index in [0.717, 1.165) is 38.0 Å². The minimum Gasteiger partial charge on any atom is -0.408 e. The minimum absolute atomic E-state index is 0.316. The quantitative estimate of drug-likeness (QED) is 0.798. The van der Waals surface area contributed by atoms with Gasteiger partial charge >= 0.3 is 5.76 Å². The molecule has 5 heteroatoms.